The van der Waals surface area contributed by atoms with E-state index >= 15 is 0 Å². The van der Waals surface area contributed by atoms with Crippen molar-refractivity contribution in [3.05, 3.63) is 28.8 Å². The minimum absolute atomic E-state index is 0.641. The highest BCUT2D eigenvalue weighted by Crippen LogP contribution is 2.40. The minimum Gasteiger partial charge on any atom is -0.496 e. The van der Waals surface area contributed by atoms with Crippen LogP contribution < -0.4 is 4.74 Å². The first-order chi connectivity index (χ1) is 8.13. The Hall–Kier alpha value is -0.500. The average Bonchev–Trinajstić information content (AvgIpc) is 2.32. The highest BCUT2D eigenvalue weighted by atomic mass is 79.9. The van der Waals surface area contributed by atoms with Crippen LogP contribution in [0.25, 0.3) is 0 Å². The second kappa shape index (κ2) is 5.43. The van der Waals surface area contributed by atoms with Crippen LogP contribution in [0.1, 0.15) is 48.3 Å². The molecule has 1 aromatic carbocycles. The summed E-state index contributed by atoms with van der Waals surface area (Å²) in [6.45, 7) is 4.33. The van der Waals surface area contributed by atoms with Gasteiger partial charge < -0.3 is 4.74 Å². The van der Waals surface area contributed by atoms with Gasteiger partial charge in [0.2, 0.25) is 0 Å². The molecule has 0 aromatic heterocycles. The van der Waals surface area contributed by atoms with Crippen molar-refractivity contribution in [2.75, 3.05) is 7.11 Å². The predicted molar refractivity (Wildman–Crippen MR) is 76.4 cm³/mol. The molecule has 0 radical (unpaired) electrons. The zero-order valence-electron chi connectivity index (χ0n) is 10.9. The third kappa shape index (κ3) is 2.67. The number of alkyl halides is 1. The molecule has 0 bridgehead atoms. The van der Waals surface area contributed by atoms with E-state index in [0.29, 0.717) is 10.7 Å². The van der Waals surface area contributed by atoms with Crippen molar-refractivity contribution < 1.29 is 4.74 Å². The van der Waals surface area contributed by atoms with Crippen molar-refractivity contribution in [3.8, 4) is 5.75 Å². The lowest BCUT2D eigenvalue weighted by molar-refractivity contribution is 0.410. The molecule has 1 aliphatic rings. The molecule has 0 amide bonds. The van der Waals surface area contributed by atoms with Gasteiger partial charge in [-0.25, -0.2) is 0 Å². The summed E-state index contributed by atoms with van der Waals surface area (Å²) < 4.78 is 5.38. The second-order valence-electron chi connectivity index (χ2n) is 5.09. The Morgan fingerprint density at radius 2 is 1.82 bits per heavy atom. The van der Waals surface area contributed by atoms with Gasteiger partial charge in [0.25, 0.3) is 0 Å². The molecule has 1 fully saturated rings. The lowest BCUT2D eigenvalue weighted by atomic mass is 9.81. The first-order valence-electron chi connectivity index (χ1n) is 6.42. The van der Waals surface area contributed by atoms with E-state index in [4.69, 9.17) is 4.74 Å². The summed E-state index contributed by atoms with van der Waals surface area (Å²) >= 11 is 3.85. The van der Waals surface area contributed by atoms with Crippen LogP contribution in [0.5, 0.6) is 5.75 Å². The molecule has 0 saturated heterocycles. The van der Waals surface area contributed by atoms with E-state index in [1.165, 1.54) is 42.4 Å². The van der Waals surface area contributed by atoms with Gasteiger partial charge in [-0.1, -0.05) is 34.8 Å². The van der Waals surface area contributed by atoms with E-state index in [1.807, 2.05) is 0 Å². The normalized spacial score (nSPS) is 24.7. The number of halogens is 1. The number of ether oxygens (including phenoxy) is 1. The van der Waals surface area contributed by atoms with E-state index < -0.39 is 0 Å². The van der Waals surface area contributed by atoms with Gasteiger partial charge in [0.1, 0.15) is 5.75 Å². The van der Waals surface area contributed by atoms with Gasteiger partial charge in [-0.3, -0.25) is 0 Å². The third-order valence-electron chi connectivity index (χ3n) is 3.86. The van der Waals surface area contributed by atoms with Crippen LogP contribution in [-0.4, -0.2) is 11.9 Å². The average molecular weight is 297 g/mol. The summed E-state index contributed by atoms with van der Waals surface area (Å²) in [6.07, 6.45) is 5.33. The summed E-state index contributed by atoms with van der Waals surface area (Å²) in [7, 11) is 1.75. The van der Waals surface area contributed by atoms with Crippen LogP contribution in [0.3, 0.4) is 0 Å². The molecular formula is C15H21BrO. The number of hydrogen-bond acceptors (Lipinski definition) is 1. The minimum atomic E-state index is 0.641. The van der Waals surface area contributed by atoms with E-state index in [1.54, 1.807) is 7.11 Å². The molecular weight excluding hydrogens is 276 g/mol. The van der Waals surface area contributed by atoms with Crippen molar-refractivity contribution >= 4 is 15.9 Å². The second-order valence-corrected chi connectivity index (χ2v) is 6.26. The van der Waals surface area contributed by atoms with Crippen LogP contribution in [0.4, 0.5) is 0 Å². The Morgan fingerprint density at radius 1 is 1.12 bits per heavy atom. The zero-order chi connectivity index (χ0) is 12.4. The SMILES string of the molecule is COc1cc(C)c(C2CCCCC2Br)cc1C. The van der Waals surface area contributed by atoms with Crippen molar-refractivity contribution in [3.63, 3.8) is 0 Å². The molecule has 0 heterocycles. The predicted octanol–water partition coefficient (Wildman–Crippen LogP) is 4.73. The largest absolute Gasteiger partial charge is 0.496 e. The Labute approximate surface area is 113 Å². The van der Waals surface area contributed by atoms with E-state index in [0.717, 1.165) is 5.75 Å². The fraction of sp³-hybridized carbons (Fsp3) is 0.600. The van der Waals surface area contributed by atoms with Crippen LogP contribution in [-0.2, 0) is 0 Å². The van der Waals surface area contributed by atoms with Gasteiger partial charge in [0.15, 0.2) is 0 Å². The van der Waals surface area contributed by atoms with Gasteiger partial charge in [-0.2, -0.15) is 0 Å². The van der Waals surface area contributed by atoms with Crippen LogP contribution in [0.15, 0.2) is 12.1 Å². The van der Waals surface area contributed by atoms with Gasteiger partial charge >= 0.3 is 0 Å². The molecule has 0 aliphatic heterocycles. The highest BCUT2D eigenvalue weighted by molar-refractivity contribution is 9.09. The quantitative estimate of drug-likeness (QED) is 0.717. The highest BCUT2D eigenvalue weighted by Gasteiger charge is 2.25. The number of hydrogen-bond donors (Lipinski definition) is 0. The van der Waals surface area contributed by atoms with E-state index in [-0.39, 0.29) is 0 Å². The maximum Gasteiger partial charge on any atom is 0.122 e. The molecule has 94 valence electrons. The molecule has 0 N–H and O–H groups in total. The van der Waals surface area contributed by atoms with Crippen molar-refractivity contribution in [2.45, 2.75) is 50.3 Å². The summed E-state index contributed by atoms with van der Waals surface area (Å²) in [5, 5.41) is 0. The third-order valence-corrected chi connectivity index (χ3v) is 4.96. The van der Waals surface area contributed by atoms with Crippen LogP contribution in [0, 0.1) is 13.8 Å². The van der Waals surface area contributed by atoms with Gasteiger partial charge in [0, 0.05) is 4.83 Å². The lowest BCUT2D eigenvalue weighted by Crippen LogP contribution is -2.18. The van der Waals surface area contributed by atoms with Crippen LogP contribution in [0.2, 0.25) is 0 Å². The Bertz CT molecular complexity index is 400. The Morgan fingerprint density at radius 3 is 2.47 bits per heavy atom. The molecule has 1 aromatic rings. The lowest BCUT2D eigenvalue weighted by Gasteiger charge is -2.29. The maximum atomic E-state index is 5.38. The van der Waals surface area contributed by atoms with Gasteiger partial charge in [-0.05, 0) is 55.4 Å². The van der Waals surface area contributed by atoms with Crippen LogP contribution >= 0.6 is 15.9 Å². The fourth-order valence-electron chi connectivity index (χ4n) is 2.87. The summed E-state index contributed by atoms with van der Waals surface area (Å²) in [5.74, 6) is 1.68. The Balaban J connectivity index is 2.34. The monoisotopic (exact) mass is 296 g/mol. The first-order valence-corrected chi connectivity index (χ1v) is 7.34. The molecule has 1 aliphatic carbocycles. The summed E-state index contributed by atoms with van der Waals surface area (Å²) in [5.41, 5.74) is 4.12. The standard InChI is InChI=1S/C15H21BrO/c1-10-9-15(17-3)11(2)8-13(10)12-6-4-5-7-14(12)16/h8-9,12,14H,4-7H2,1-3H3. The fourth-order valence-corrected chi connectivity index (χ4v) is 3.74. The molecule has 0 spiro atoms. The van der Waals surface area contributed by atoms with Gasteiger partial charge in [0.05, 0.1) is 7.11 Å². The maximum absolute atomic E-state index is 5.38. The van der Waals surface area contributed by atoms with E-state index in [2.05, 4.69) is 41.9 Å². The topological polar surface area (TPSA) is 9.23 Å². The van der Waals surface area contributed by atoms with Crippen molar-refractivity contribution in [1.82, 2.24) is 0 Å². The Kier molecular flexibility index (Phi) is 4.13. The molecule has 2 atom stereocenters. The first kappa shape index (κ1) is 12.9. The van der Waals surface area contributed by atoms with Crippen molar-refractivity contribution in [1.29, 1.82) is 0 Å². The number of benzene rings is 1. The zero-order valence-corrected chi connectivity index (χ0v) is 12.5. The molecule has 17 heavy (non-hydrogen) atoms. The molecule has 2 heteroatoms. The number of methoxy groups -OCH3 is 1. The molecule has 1 saturated carbocycles. The smallest absolute Gasteiger partial charge is 0.122 e. The molecule has 1 nitrogen and oxygen atoms in total. The number of aryl methyl sites for hydroxylation is 2. The molecule has 2 rings (SSSR count). The van der Waals surface area contributed by atoms with E-state index in [9.17, 15) is 0 Å². The summed E-state index contributed by atoms with van der Waals surface area (Å²) in [6, 6.07) is 4.50. The number of rotatable bonds is 2. The van der Waals surface area contributed by atoms with Crippen molar-refractivity contribution in [2.24, 2.45) is 0 Å². The van der Waals surface area contributed by atoms with Gasteiger partial charge in [-0.15, -0.1) is 0 Å². The summed E-state index contributed by atoms with van der Waals surface area (Å²) in [4.78, 5) is 0.641. The molecule has 2 unspecified atom stereocenters.